The predicted molar refractivity (Wildman–Crippen MR) is 81.7 cm³/mol. The van der Waals surface area contributed by atoms with Crippen molar-refractivity contribution in [2.45, 2.75) is 18.9 Å². The number of ether oxygens (including phenoxy) is 1. The van der Waals surface area contributed by atoms with Gasteiger partial charge in [-0.3, -0.25) is 4.79 Å². The van der Waals surface area contributed by atoms with Crippen LogP contribution >= 0.6 is 0 Å². The van der Waals surface area contributed by atoms with E-state index >= 15 is 0 Å². The van der Waals surface area contributed by atoms with Crippen molar-refractivity contribution < 1.29 is 23.8 Å². The molecule has 6 heteroatoms. The van der Waals surface area contributed by atoms with E-state index in [1.54, 1.807) is 12.0 Å². The zero-order chi connectivity index (χ0) is 16.4. The van der Waals surface area contributed by atoms with Gasteiger partial charge >= 0.3 is 5.97 Å². The molecule has 1 aliphatic heterocycles. The number of benzene rings is 1. The number of carbonyl (C=O) groups is 2. The van der Waals surface area contributed by atoms with Crippen LogP contribution in [0.3, 0.4) is 0 Å². The molecule has 1 atom stereocenters. The molecule has 1 unspecified atom stereocenters. The fraction of sp³-hybridized carbons (Fsp3) is 0.294. The lowest BCUT2D eigenvalue weighted by Crippen LogP contribution is -2.30. The molecule has 2 heterocycles. The SMILES string of the molecule is COc1cccc(C2CCCN2C(=O)c2cc(C(=O)O)co2)c1. The Balaban J connectivity index is 1.85. The van der Waals surface area contributed by atoms with Crippen LogP contribution in [0, 0.1) is 0 Å². The minimum Gasteiger partial charge on any atom is -0.497 e. The standard InChI is InChI=1S/C17H17NO5/c1-22-13-5-2-4-11(8-13)14-6-3-7-18(14)16(19)15-9-12(10-23-15)17(20)21/h2,4-5,8-10,14H,3,6-7H2,1H3,(H,20,21). The number of nitrogens with zero attached hydrogens (tertiary/aromatic N) is 1. The normalized spacial score (nSPS) is 17.3. The van der Waals surface area contributed by atoms with Gasteiger partial charge in [-0.05, 0) is 30.5 Å². The molecule has 1 aromatic heterocycles. The summed E-state index contributed by atoms with van der Waals surface area (Å²) in [5.41, 5.74) is 0.977. The van der Waals surface area contributed by atoms with E-state index in [4.69, 9.17) is 14.3 Å². The van der Waals surface area contributed by atoms with Gasteiger partial charge in [-0.1, -0.05) is 12.1 Å². The highest BCUT2D eigenvalue weighted by Gasteiger charge is 2.32. The number of likely N-dealkylation sites (tertiary alicyclic amines) is 1. The van der Waals surface area contributed by atoms with Gasteiger partial charge in [0.15, 0.2) is 5.76 Å². The number of carboxylic acid groups (broad SMARTS) is 1. The van der Waals surface area contributed by atoms with Crippen molar-refractivity contribution in [1.29, 1.82) is 0 Å². The topological polar surface area (TPSA) is 80.0 Å². The van der Waals surface area contributed by atoms with Crippen molar-refractivity contribution in [3.05, 3.63) is 53.5 Å². The van der Waals surface area contributed by atoms with Crippen LogP contribution in [-0.2, 0) is 0 Å². The van der Waals surface area contributed by atoms with Crippen LogP contribution in [-0.4, -0.2) is 35.5 Å². The number of hydrogen-bond acceptors (Lipinski definition) is 4. The first-order valence-corrected chi connectivity index (χ1v) is 7.37. The van der Waals surface area contributed by atoms with Gasteiger partial charge in [0.2, 0.25) is 0 Å². The molecule has 1 aromatic carbocycles. The first-order chi connectivity index (χ1) is 11.1. The summed E-state index contributed by atoms with van der Waals surface area (Å²) in [7, 11) is 1.60. The summed E-state index contributed by atoms with van der Waals surface area (Å²) in [6, 6.07) is 8.84. The van der Waals surface area contributed by atoms with E-state index in [0.29, 0.717) is 6.54 Å². The number of amides is 1. The number of carbonyl (C=O) groups excluding carboxylic acids is 1. The molecule has 1 saturated heterocycles. The molecule has 1 amide bonds. The first-order valence-electron chi connectivity index (χ1n) is 7.37. The summed E-state index contributed by atoms with van der Waals surface area (Å²) in [6.45, 7) is 0.615. The highest BCUT2D eigenvalue weighted by atomic mass is 16.5. The third kappa shape index (κ3) is 2.92. The Morgan fingerprint density at radius 2 is 2.17 bits per heavy atom. The van der Waals surface area contributed by atoms with Gasteiger partial charge in [-0.25, -0.2) is 4.79 Å². The molecular weight excluding hydrogens is 298 g/mol. The lowest BCUT2D eigenvalue weighted by atomic mass is 10.0. The molecule has 0 bridgehead atoms. The Kier molecular flexibility index (Phi) is 4.06. The third-order valence-electron chi connectivity index (χ3n) is 4.05. The lowest BCUT2D eigenvalue weighted by molar-refractivity contribution is 0.0690. The Bertz CT molecular complexity index is 736. The zero-order valence-corrected chi connectivity index (χ0v) is 12.7. The molecule has 0 spiro atoms. The third-order valence-corrected chi connectivity index (χ3v) is 4.05. The van der Waals surface area contributed by atoms with E-state index in [0.717, 1.165) is 30.4 Å². The Morgan fingerprint density at radius 1 is 1.35 bits per heavy atom. The molecule has 1 aliphatic rings. The Morgan fingerprint density at radius 3 is 2.87 bits per heavy atom. The fourth-order valence-corrected chi connectivity index (χ4v) is 2.91. The number of methoxy groups -OCH3 is 1. The van der Waals surface area contributed by atoms with Crippen LogP contribution in [0.1, 0.15) is 45.4 Å². The smallest absolute Gasteiger partial charge is 0.338 e. The number of hydrogen-bond donors (Lipinski definition) is 1. The van der Waals surface area contributed by atoms with Crippen LogP contribution in [0.15, 0.2) is 41.0 Å². The maximum atomic E-state index is 12.6. The first kappa shape index (κ1) is 15.1. The van der Waals surface area contributed by atoms with E-state index in [2.05, 4.69) is 0 Å². The molecule has 1 N–H and O–H groups in total. The van der Waals surface area contributed by atoms with Gasteiger partial charge in [0.25, 0.3) is 5.91 Å². The maximum Gasteiger partial charge on any atom is 0.338 e. The van der Waals surface area contributed by atoms with Crippen LogP contribution in [0.25, 0.3) is 0 Å². The van der Waals surface area contributed by atoms with Crippen LogP contribution in [0.5, 0.6) is 5.75 Å². The average molecular weight is 315 g/mol. The van der Waals surface area contributed by atoms with E-state index in [-0.39, 0.29) is 23.3 Å². The highest BCUT2D eigenvalue weighted by molar-refractivity contribution is 5.95. The molecule has 1 fully saturated rings. The minimum atomic E-state index is -1.11. The highest BCUT2D eigenvalue weighted by Crippen LogP contribution is 2.34. The average Bonchev–Trinajstić information content (AvgIpc) is 3.23. The molecule has 0 radical (unpaired) electrons. The second kappa shape index (κ2) is 6.16. The quantitative estimate of drug-likeness (QED) is 0.938. The van der Waals surface area contributed by atoms with Crippen molar-refractivity contribution in [3.63, 3.8) is 0 Å². The van der Waals surface area contributed by atoms with Gasteiger partial charge in [0.1, 0.15) is 12.0 Å². The van der Waals surface area contributed by atoms with Crippen molar-refractivity contribution in [1.82, 2.24) is 4.90 Å². The summed E-state index contributed by atoms with van der Waals surface area (Å²) >= 11 is 0. The molecule has 6 nitrogen and oxygen atoms in total. The molecule has 0 aliphatic carbocycles. The van der Waals surface area contributed by atoms with Crippen molar-refractivity contribution in [2.24, 2.45) is 0 Å². The van der Waals surface area contributed by atoms with Crippen LogP contribution < -0.4 is 4.74 Å². The van der Waals surface area contributed by atoms with E-state index in [1.165, 1.54) is 6.07 Å². The zero-order valence-electron chi connectivity index (χ0n) is 12.7. The Hall–Kier alpha value is -2.76. The van der Waals surface area contributed by atoms with Crippen molar-refractivity contribution >= 4 is 11.9 Å². The summed E-state index contributed by atoms with van der Waals surface area (Å²) in [5.74, 6) is -0.605. The Labute approximate surface area is 133 Å². The molecule has 23 heavy (non-hydrogen) atoms. The van der Waals surface area contributed by atoms with E-state index in [1.807, 2.05) is 24.3 Å². The molecule has 0 saturated carbocycles. The van der Waals surface area contributed by atoms with Crippen LogP contribution in [0.4, 0.5) is 0 Å². The summed E-state index contributed by atoms with van der Waals surface area (Å²) in [4.78, 5) is 25.3. The summed E-state index contributed by atoms with van der Waals surface area (Å²) < 4.78 is 10.4. The number of rotatable bonds is 4. The van der Waals surface area contributed by atoms with Gasteiger partial charge in [0, 0.05) is 12.6 Å². The molecule has 2 aromatic rings. The van der Waals surface area contributed by atoms with Crippen molar-refractivity contribution in [2.75, 3.05) is 13.7 Å². The van der Waals surface area contributed by atoms with Gasteiger partial charge in [0.05, 0.1) is 18.7 Å². The van der Waals surface area contributed by atoms with E-state index in [9.17, 15) is 9.59 Å². The van der Waals surface area contributed by atoms with Crippen molar-refractivity contribution in [3.8, 4) is 5.75 Å². The second-order valence-electron chi connectivity index (χ2n) is 5.44. The predicted octanol–water partition coefficient (Wildman–Crippen LogP) is 2.96. The summed E-state index contributed by atoms with van der Waals surface area (Å²) in [6.07, 6.45) is 2.83. The largest absolute Gasteiger partial charge is 0.497 e. The maximum absolute atomic E-state index is 12.6. The fourth-order valence-electron chi connectivity index (χ4n) is 2.91. The molecule has 3 rings (SSSR count). The monoisotopic (exact) mass is 315 g/mol. The van der Waals surface area contributed by atoms with E-state index < -0.39 is 5.97 Å². The number of furan rings is 1. The summed E-state index contributed by atoms with van der Waals surface area (Å²) in [5, 5.41) is 8.93. The lowest BCUT2D eigenvalue weighted by Gasteiger charge is -2.24. The molecule has 120 valence electrons. The van der Waals surface area contributed by atoms with Gasteiger partial charge in [-0.2, -0.15) is 0 Å². The number of carboxylic acids is 1. The van der Waals surface area contributed by atoms with Gasteiger partial charge in [-0.15, -0.1) is 0 Å². The minimum absolute atomic E-state index is 0.0227. The molecular formula is C17H17NO5. The van der Waals surface area contributed by atoms with Gasteiger partial charge < -0.3 is 19.2 Å². The number of aromatic carboxylic acids is 1. The second-order valence-corrected chi connectivity index (χ2v) is 5.44. The van der Waals surface area contributed by atoms with Crippen LogP contribution in [0.2, 0.25) is 0 Å².